The molecule has 0 N–H and O–H groups in total. The lowest BCUT2D eigenvalue weighted by atomic mass is 10.3. The van der Waals surface area contributed by atoms with Crippen LogP contribution in [0.1, 0.15) is 0 Å². The first-order valence-electron chi connectivity index (χ1n) is 3.80. The minimum atomic E-state index is 0.968. The van der Waals surface area contributed by atoms with Gasteiger partial charge in [-0.1, -0.05) is 0 Å². The van der Waals surface area contributed by atoms with Crippen molar-refractivity contribution >= 4 is 56.2 Å². The second-order valence-corrected chi connectivity index (χ2v) is 6.79. The number of rotatable bonds is 0. The molecule has 2 aromatic rings. The van der Waals surface area contributed by atoms with Gasteiger partial charge in [-0.3, -0.25) is 0 Å². The normalized spacial score (nSPS) is 13.5. The molecule has 3 rings (SSSR count). The largest absolute Gasteiger partial charge is 0.142 e. The summed E-state index contributed by atoms with van der Waals surface area (Å²) in [4.78, 5) is 3.70. The molecule has 0 aliphatic carbocycles. The Morgan fingerprint density at radius 1 is 1.29 bits per heavy atom. The quantitative estimate of drug-likeness (QED) is 0.603. The Bertz CT molecular complexity index is 514. The Morgan fingerprint density at radius 2 is 2.21 bits per heavy atom. The smallest absolute Gasteiger partial charge is 0.107 e. The second-order valence-electron chi connectivity index (χ2n) is 2.65. The van der Waals surface area contributed by atoms with Gasteiger partial charge < -0.3 is 0 Å². The highest BCUT2D eigenvalue weighted by Crippen LogP contribution is 2.49. The van der Waals surface area contributed by atoms with E-state index in [1.54, 1.807) is 22.7 Å². The highest BCUT2D eigenvalue weighted by molar-refractivity contribution is 9.11. The van der Waals surface area contributed by atoms with Gasteiger partial charge >= 0.3 is 0 Å². The van der Waals surface area contributed by atoms with Crippen LogP contribution in [0.25, 0.3) is 9.75 Å². The maximum absolute atomic E-state index is 4.17. The Labute approximate surface area is 101 Å². The summed E-state index contributed by atoms with van der Waals surface area (Å²) in [6.45, 7) is 0. The molecular formula is C8H3BrN2S3. The first kappa shape index (κ1) is 9.08. The third kappa shape index (κ3) is 1.37. The summed E-state index contributed by atoms with van der Waals surface area (Å²) in [5, 5.41) is 6.26. The first-order valence-corrected chi connectivity index (χ1v) is 7.06. The van der Waals surface area contributed by atoms with E-state index in [0.717, 1.165) is 9.47 Å². The molecule has 0 saturated heterocycles. The fourth-order valence-electron chi connectivity index (χ4n) is 1.23. The second kappa shape index (κ2) is 3.44. The van der Waals surface area contributed by atoms with Crippen LogP contribution in [0.2, 0.25) is 0 Å². The van der Waals surface area contributed by atoms with Crippen LogP contribution in [-0.2, 0) is 0 Å². The van der Waals surface area contributed by atoms with Crippen molar-refractivity contribution in [2.24, 2.45) is 9.63 Å². The third-order valence-electron chi connectivity index (χ3n) is 1.81. The van der Waals surface area contributed by atoms with Gasteiger partial charge in [0.2, 0.25) is 0 Å². The summed E-state index contributed by atoms with van der Waals surface area (Å²) in [5.74, 6) is 0. The van der Waals surface area contributed by atoms with Gasteiger partial charge in [-0.05, 0) is 33.4 Å². The monoisotopic (exact) mass is 302 g/mol. The summed E-state index contributed by atoms with van der Waals surface area (Å²) >= 11 is 8.37. The fraction of sp³-hybridized carbons (Fsp3) is 0. The zero-order valence-electron chi connectivity index (χ0n) is 6.73. The summed E-state index contributed by atoms with van der Waals surface area (Å²) in [6.07, 6.45) is 0. The Morgan fingerprint density at radius 3 is 3.14 bits per heavy atom. The fourth-order valence-corrected chi connectivity index (χ4v) is 4.65. The van der Waals surface area contributed by atoms with Crippen LogP contribution in [0, 0.1) is 0 Å². The van der Waals surface area contributed by atoms with Gasteiger partial charge in [-0.2, -0.15) is 0 Å². The van der Waals surface area contributed by atoms with Crippen LogP contribution in [0.5, 0.6) is 0 Å². The average molecular weight is 303 g/mol. The molecule has 0 spiro atoms. The van der Waals surface area contributed by atoms with Gasteiger partial charge in [0.25, 0.3) is 0 Å². The lowest BCUT2D eigenvalue weighted by molar-refractivity contribution is 1.36. The highest BCUT2D eigenvalue weighted by Gasteiger charge is 2.17. The summed E-state index contributed by atoms with van der Waals surface area (Å²) in [7, 11) is 0. The van der Waals surface area contributed by atoms with E-state index in [2.05, 4.69) is 37.0 Å². The van der Waals surface area contributed by atoms with Gasteiger partial charge in [-0.15, -0.1) is 32.3 Å². The Balaban J connectivity index is 2.32. The van der Waals surface area contributed by atoms with Crippen molar-refractivity contribution in [2.45, 2.75) is 4.90 Å². The van der Waals surface area contributed by atoms with Gasteiger partial charge in [-0.25, -0.2) is 0 Å². The molecule has 1 aliphatic rings. The van der Waals surface area contributed by atoms with Crippen LogP contribution in [0.3, 0.4) is 0 Å². The van der Waals surface area contributed by atoms with E-state index in [1.165, 1.54) is 26.6 Å². The molecule has 14 heavy (non-hydrogen) atoms. The number of thiophene rings is 2. The minimum Gasteiger partial charge on any atom is -0.142 e. The predicted molar refractivity (Wildman–Crippen MR) is 65.7 cm³/mol. The predicted octanol–water partition coefficient (Wildman–Crippen LogP) is 5.34. The minimum absolute atomic E-state index is 0.968. The van der Waals surface area contributed by atoms with E-state index < -0.39 is 0 Å². The van der Waals surface area contributed by atoms with Crippen LogP contribution < -0.4 is 0 Å². The average Bonchev–Trinajstić information content (AvgIpc) is 2.70. The molecule has 0 amide bonds. The van der Waals surface area contributed by atoms with Crippen LogP contribution in [0.15, 0.2) is 35.8 Å². The van der Waals surface area contributed by atoms with E-state index >= 15 is 0 Å². The molecule has 1 aliphatic heterocycles. The van der Waals surface area contributed by atoms with E-state index in [0.29, 0.717) is 0 Å². The molecule has 0 radical (unpaired) electrons. The molecule has 0 fully saturated rings. The van der Waals surface area contributed by atoms with Crippen molar-refractivity contribution < 1.29 is 0 Å². The molecule has 3 heterocycles. The van der Waals surface area contributed by atoms with Gasteiger partial charge in [0, 0.05) is 11.9 Å². The van der Waals surface area contributed by atoms with Crippen LogP contribution >= 0.6 is 50.6 Å². The highest BCUT2D eigenvalue weighted by atomic mass is 79.9. The number of hydrogen-bond donors (Lipinski definition) is 0. The Kier molecular flexibility index (Phi) is 2.24. The molecule has 0 aromatic carbocycles. The zero-order valence-corrected chi connectivity index (χ0v) is 10.8. The summed E-state index contributed by atoms with van der Waals surface area (Å²) in [5.41, 5.74) is 0.968. The van der Waals surface area contributed by atoms with Crippen molar-refractivity contribution in [3.05, 3.63) is 21.3 Å². The molecular weight excluding hydrogens is 300 g/mol. The molecule has 0 bridgehead atoms. The maximum atomic E-state index is 4.17. The molecule has 2 nitrogen and oxygen atoms in total. The van der Waals surface area contributed by atoms with Crippen molar-refractivity contribution in [3.8, 4) is 9.75 Å². The van der Waals surface area contributed by atoms with Crippen molar-refractivity contribution in [2.75, 3.05) is 0 Å². The maximum Gasteiger partial charge on any atom is 0.107 e. The SMILES string of the molecule is Brc1cc2c(s1)-c1sccc1SN=N2. The van der Waals surface area contributed by atoms with Crippen LogP contribution in [0.4, 0.5) is 5.69 Å². The topological polar surface area (TPSA) is 24.7 Å². The zero-order chi connectivity index (χ0) is 9.54. The number of fused-ring (bicyclic) bond motifs is 3. The van der Waals surface area contributed by atoms with Crippen molar-refractivity contribution in [3.63, 3.8) is 0 Å². The summed E-state index contributed by atoms with van der Waals surface area (Å²) in [6, 6.07) is 4.10. The summed E-state index contributed by atoms with van der Waals surface area (Å²) < 4.78 is 5.18. The first-order chi connectivity index (χ1) is 6.84. The van der Waals surface area contributed by atoms with Gasteiger partial charge in [0.15, 0.2) is 0 Å². The van der Waals surface area contributed by atoms with Crippen molar-refractivity contribution in [1.29, 1.82) is 0 Å². The molecule has 6 heteroatoms. The molecule has 0 saturated carbocycles. The number of hydrogen-bond acceptors (Lipinski definition) is 5. The number of halogens is 1. The van der Waals surface area contributed by atoms with E-state index in [1.807, 2.05) is 6.07 Å². The van der Waals surface area contributed by atoms with E-state index in [4.69, 9.17) is 0 Å². The third-order valence-corrected chi connectivity index (χ3v) is 5.34. The molecule has 70 valence electrons. The lowest BCUT2D eigenvalue weighted by Crippen LogP contribution is -1.64. The van der Waals surface area contributed by atoms with E-state index in [9.17, 15) is 0 Å². The molecule has 0 atom stereocenters. The van der Waals surface area contributed by atoms with E-state index in [-0.39, 0.29) is 0 Å². The molecule has 2 aromatic heterocycles. The lowest BCUT2D eigenvalue weighted by Gasteiger charge is -1.92. The van der Waals surface area contributed by atoms with Crippen molar-refractivity contribution in [1.82, 2.24) is 0 Å². The number of nitrogens with zero attached hydrogens (tertiary/aromatic N) is 2. The molecule has 0 unspecified atom stereocenters. The van der Waals surface area contributed by atoms with Gasteiger partial charge in [0.05, 0.1) is 18.4 Å². The Hall–Kier alpha value is -0.170. The standard InChI is InChI=1S/C8H3BrN2S3/c9-6-3-4-7(13-6)8-5(1-2-12-8)14-11-10-4/h1-3H. The van der Waals surface area contributed by atoms with Gasteiger partial charge in [0.1, 0.15) is 5.69 Å². The van der Waals surface area contributed by atoms with Crippen LogP contribution in [-0.4, -0.2) is 0 Å².